The molecule has 2 fully saturated rings. The molecule has 9 nitrogen and oxygen atoms in total. The van der Waals surface area contributed by atoms with Gasteiger partial charge >= 0.3 is 12.0 Å². The highest BCUT2D eigenvalue weighted by Gasteiger charge is 2.45. The van der Waals surface area contributed by atoms with Gasteiger partial charge in [0.05, 0.1) is 18.7 Å². The lowest BCUT2D eigenvalue weighted by atomic mass is 9.83. The number of piperidine rings is 2. The third kappa shape index (κ3) is 4.92. The Labute approximate surface area is 204 Å². The molecule has 0 bridgehead atoms. The van der Waals surface area contributed by atoms with E-state index >= 15 is 0 Å². The highest BCUT2D eigenvalue weighted by Crippen LogP contribution is 2.33. The molecule has 1 atom stereocenters. The number of likely N-dealkylation sites (tertiary alicyclic amines) is 2. The normalized spacial score (nSPS) is 23.7. The monoisotopic (exact) mass is 489 g/mol. The van der Waals surface area contributed by atoms with E-state index in [-0.39, 0.29) is 5.91 Å². The molecule has 1 unspecified atom stereocenters. The summed E-state index contributed by atoms with van der Waals surface area (Å²) in [7, 11) is 1.32. The lowest BCUT2D eigenvalue weighted by Gasteiger charge is -2.48. The first-order chi connectivity index (χ1) is 16.3. The summed E-state index contributed by atoms with van der Waals surface area (Å²) in [4.78, 5) is 42.3. The van der Waals surface area contributed by atoms with Crippen molar-refractivity contribution in [2.24, 2.45) is 5.73 Å². The van der Waals surface area contributed by atoms with Crippen LogP contribution in [0.15, 0.2) is 35.5 Å². The second-order valence-electron chi connectivity index (χ2n) is 9.19. The number of primary amides is 1. The Morgan fingerprint density at radius 2 is 1.88 bits per heavy atom. The van der Waals surface area contributed by atoms with Gasteiger partial charge in [0.1, 0.15) is 5.54 Å². The van der Waals surface area contributed by atoms with Gasteiger partial charge < -0.3 is 21.1 Å². The van der Waals surface area contributed by atoms with Gasteiger partial charge in [-0.15, -0.1) is 0 Å². The number of esters is 1. The minimum Gasteiger partial charge on any atom is -0.466 e. The maximum Gasteiger partial charge on any atom is 0.338 e. The van der Waals surface area contributed by atoms with E-state index in [4.69, 9.17) is 22.1 Å². The predicted molar refractivity (Wildman–Crippen MR) is 128 cm³/mol. The molecule has 2 saturated heterocycles. The predicted octanol–water partition coefficient (Wildman–Crippen LogP) is 1.93. The second kappa shape index (κ2) is 10.3. The number of benzene rings is 1. The fourth-order valence-corrected chi connectivity index (χ4v) is 5.57. The van der Waals surface area contributed by atoms with Crippen molar-refractivity contribution in [1.29, 1.82) is 0 Å². The fourth-order valence-electron chi connectivity index (χ4n) is 5.37. The van der Waals surface area contributed by atoms with Crippen molar-refractivity contribution in [1.82, 2.24) is 20.4 Å². The molecule has 184 valence electrons. The first-order valence-corrected chi connectivity index (χ1v) is 12.1. The fraction of sp³-hybridized carbons (Fsp3) is 0.542. The minimum atomic E-state index is -0.683. The summed E-state index contributed by atoms with van der Waals surface area (Å²) in [5.41, 5.74) is 6.80. The number of methoxy groups -OCH3 is 1. The van der Waals surface area contributed by atoms with Gasteiger partial charge in [-0.05, 0) is 56.5 Å². The molecular formula is C24H32ClN5O4. The maximum absolute atomic E-state index is 12.8. The van der Waals surface area contributed by atoms with E-state index in [2.05, 4.69) is 20.4 Å². The van der Waals surface area contributed by atoms with E-state index in [0.717, 1.165) is 25.9 Å². The zero-order chi connectivity index (χ0) is 24.3. The maximum atomic E-state index is 12.8. The van der Waals surface area contributed by atoms with Gasteiger partial charge in [0.2, 0.25) is 5.91 Å². The van der Waals surface area contributed by atoms with Gasteiger partial charge in [-0.25, -0.2) is 9.59 Å². The molecule has 0 radical (unpaired) electrons. The van der Waals surface area contributed by atoms with Gasteiger partial charge in [0.25, 0.3) is 0 Å². The summed E-state index contributed by atoms with van der Waals surface area (Å²) >= 11 is 6.16. The number of nitrogens with one attached hydrogen (secondary N) is 2. The standard InChI is InChI=1S/C24H32ClN5O4/c1-34-21(31)19-18(27-23(33)28-20(19)16-6-5-7-17(25)14-16)15-29-12-8-24(9-13-29,22(26)32)30-10-3-2-4-11-30/h5-7,14,20H,2-4,8-13,15H2,1H3,(H2,26,32)(H2,27,28,33). The van der Waals surface area contributed by atoms with Crippen molar-refractivity contribution in [3.05, 3.63) is 46.1 Å². The van der Waals surface area contributed by atoms with E-state index < -0.39 is 23.6 Å². The summed E-state index contributed by atoms with van der Waals surface area (Å²) in [5.74, 6) is -0.788. The van der Waals surface area contributed by atoms with Gasteiger partial charge in [0, 0.05) is 30.4 Å². The third-order valence-electron chi connectivity index (χ3n) is 7.23. The Bertz CT molecular complexity index is 983. The average Bonchev–Trinajstić information content (AvgIpc) is 2.84. The SMILES string of the molecule is COC(=O)C1=C(CN2CCC(C(N)=O)(N3CCCCC3)CC2)NC(=O)NC1c1cccc(Cl)c1. The lowest BCUT2D eigenvalue weighted by molar-refractivity contribution is -0.136. The number of nitrogens with zero attached hydrogens (tertiary/aromatic N) is 2. The first-order valence-electron chi connectivity index (χ1n) is 11.8. The average molecular weight is 490 g/mol. The van der Waals surface area contributed by atoms with Gasteiger partial charge in [-0.1, -0.05) is 30.2 Å². The van der Waals surface area contributed by atoms with E-state index in [9.17, 15) is 14.4 Å². The first kappa shape index (κ1) is 24.5. The van der Waals surface area contributed by atoms with Crippen LogP contribution in [0.3, 0.4) is 0 Å². The van der Waals surface area contributed by atoms with Gasteiger partial charge in [-0.3, -0.25) is 14.6 Å². The number of amides is 3. The van der Waals surface area contributed by atoms with E-state index in [1.807, 2.05) is 6.07 Å². The summed E-state index contributed by atoms with van der Waals surface area (Å²) < 4.78 is 5.06. The molecule has 0 spiro atoms. The van der Waals surface area contributed by atoms with Crippen LogP contribution in [-0.4, -0.2) is 73.1 Å². The Balaban J connectivity index is 1.56. The largest absolute Gasteiger partial charge is 0.466 e. The molecule has 34 heavy (non-hydrogen) atoms. The van der Waals surface area contributed by atoms with Crippen LogP contribution in [0.1, 0.15) is 43.7 Å². The Hall–Kier alpha value is -2.62. The van der Waals surface area contributed by atoms with Crippen molar-refractivity contribution in [2.45, 2.75) is 43.7 Å². The summed E-state index contributed by atoms with van der Waals surface area (Å²) in [6.07, 6.45) is 4.58. The highest BCUT2D eigenvalue weighted by molar-refractivity contribution is 6.30. The Kier molecular flexibility index (Phi) is 7.45. The topological polar surface area (TPSA) is 117 Å². The Morgan fingerprint density at radius 1 is 1.18 bits per heavy atom. The number of urea groups is 1. The molecule has 3 aliphatic heterocycles. The number of carbonyl (C=O) groups excluding carboxylic acids is 3. The summed E-state index contributed by atoms with van der Waals surface area (Å²) in [5, 5.41) is 6.12. The molecule has 3 heterocycles. The molecular weight excluding hydrogens is 458 g/mol. The molecule has 3 amide bonds. The zero-order valence-electron chi connectivity index (χ0n) is 19.4. The number of rotatable bonds is 6. The molecule has 1 aromatic carbocycles. The van der Waals surface area contributed by atoms with E-state index in [0.29, 0.717) is 54.3 Å². The molecule has 0 aromatic heterocycles. The van der Waals surface area contributed by atoms with E-state index in [1.54, 1.807) is 18.2 Å². The summed E-state index contributed by atoms with van der Waals surface area (Å²) in [6.45, 7) is 3.39. The number of halogens is 1. The number of ether oxygens (including phenoxy) is 1. The van der Waals surface area contributed by atoms with Crippen molar-refractivity contribution in [3.63, 3.8) is 0 Å². The van der Waals surface area contributed by atoms with Crippen LogP contribution in [0.5, 0.6) is 0 Å². The molecule has 0 saturated carbocycles. The second-order valence-corrected chi connectivity index (χ2v) is 9.63. The molecule has 4 rings (SSSR count). The Morgan fingerprint density at radius 3 is 2.50 bits per heavy atom. The lowest BCUT2D eigenvalue weighted by Crippen LogP contribution is -2.63. The van der Waals surface area contributed by atoms with Gasteiger partial charge in [0.15, 0.2) is 0 Å². The number of nitrogens with two attached hydrogens (primary N) is 1. The van der Waals surface area contributed by atoms with Crippen LogP contribution in [-0.2, 0) is 14.3 Å². The highest BCUT2D eigenvalue weighted by atomic mass is 35.5. The minimum absolute atomic E-state index is 0.264. The van der Waals surface area contributed by atoms with Crippen LogP contribution in [0.2, 0.25) is 5.02 Å². The van der Waals surface area contributed by atoms with E-state index in [1.165, 1.54) is 13.5 Å². The quantitative estimate of drug-likeness (QED) is 0.526. The number of carbonyl (C=O) groups is 3. The zero-order valence-corrected chi connectivity index (χ0v) is 20.2. The van der Waals surface area contributed by atoms with Gasteiger partial charge in [-0.2, -0.15) is 0 Å². The van der Waals surface area contributed by atoms with Crippen LogP contribution in [0, 0.1) is 0 Å². The van der Waals surface area contributed by atoms with Crippen molar-refractivity contribution >= 4 is 29.5 Å². The third-order valence-corrected chi connectivity index (χ3v) is 7.46. The van der Waals surface area contributed by atoms with Crippen molar-refractivity contribution in [3.8, 4) is 0 Å². The molecule has 0 aliphatic carbocycles. The number of hydrogen-bond acceptors (Lipinski definition) is 6. The summed E-state index contributed by atoms with van der Waals surface area (Å²) in [6, 6.07) is 5.96. The molecule has 4 N–H and O–H groups in total. The van der Waals surface area contributed by atoms with Crippen molar-refractivity contribution < 1.29 is 19.1 Å². The van der Waals surface area contributed by atoms with Crippen LogP contribution >= 0.6 is 11.6 Å². The van der Waals surface area contributed by atoms with Crippen LogP contribution < -0.4 is 16.4 Å². The molecule has 3 aliphatic rings. The van der Waals surface area contributed by atoms with Crippen molar-refractivity contribution in [2.75, 3.05) is 39.8 Å². The number of hydrogen-bond donors (Lipinski definition) is 3. The van der Waals surface area contributed by atoms with Crippen LogP contribution in [0.4, 0.5) is 4.79 Å². The molecule has 10 heteroatoms. The smallest absolute Gasteiger partial charge is 0.338 e. The molecule has 1 aromatic rings. The van der Waals surface area contributed by atoms with Crippen LogP contribution in [0.25, 0.3) is 0 Å².